The second-order valence-electron chi connectivity index (χ2n) is 6.50. The smallest absolute Gasteiger partial charge is 0.317 e. The number of ether oxygens (including phenoxy) is 1. The predicted octanol–water partition coefficient (Wildman–Crippen LogP) is 0.946. The molecule has 0 bridgehead atoms. The Morgan fingerprint density at radius 2 is 1.80 bits per heavy atom. The number of benzene rings is 1. The number of carbonyl (C=O) groups excluding carboxylic acids is 1. The second-order valence-corrected chi connectivity index (χ2v) is 6.50. The van der Waals surface area contributed by atoms with E-state index in [4.69, 9.17) is 4.74 Å². The second kappa shape index (κ2) is 8.92. The Balaban J connectivity index is 1.35. The Morgan fingerprint density at radius 1 is 1.08 bits per heavy atom. The lowest BCUT2D eigenvalue weighted by Gasteiger charge is -2.36. The Hall–Kier alpha value is -1.99. The van der Waals surface area contributed by atoms with Crippen LogP contribution in [-0.4, -0.2) is 86.5 Å². The van der Waals surface area contributed by atoms with Gasteiger partial charge in [0.2, 0.25) is 0 Å². The number of aromatic hydroxyl groups is 1. The lowest BCUT2D eigenvalue weighted by molar-refractivity contribution is 0.0375. The minimum absolute atomic E-state index is 0.0129. The van der Waals surface area contributed by atoms with Gasteiger partial charge in [0.1, 0.15) is 5.75 Å². The van der Waals surface area contributed by atoms with Crippen LogP contribution in [-0.2, 0) is 4.74 Å². The van der Waals surface area contributed by atoms with Gasteiger partial charge in [-0.25, -0.2) is 4.79 Å². The molecule has 1 aromatic rings. The van der Waals surface area contributed by atoms with Crippen LogP contribution in [0.2, 0.25) is 0 Å². The molecule has 2 aliphatic heterocycles. The van der Waals surface area contributed by atoms with Crippen molar-refractivity contribution in [3.63, 3.8) is 0 Å². The molecule has 0 aromatic heterocycles. The predicted molar refractivity (Wildman–Crippen MR) is 97.2 cm³/mol. The maximum Gasteiger partial charge on any atom is 0.317 e. The number of para-hydroxylation sites is 2. The van der Waals surface area contributed by atoms with E-state index in [0.29, 0.717) is 25.4 Å². The molecule has 0 radical (unpaired) electrons. The number of piperazine rings is 1. The fourth-order valence-electron chi connectivity index (χ4n) is 3.32. The Bertz CT molecular complexity index is 555. The fraction of sp³-hybridized carbons (Fsp3) is 0.611. The van der Waals surface area contributed by atoms with Crippen molar-refractivity contribution < 1.29 is 14.6 Å². The average molecular weight is 348 g/mol. The van der Waals surface area contributed by atoms with Gasteiger partial charge in [-0.05, 0) is 25.1 Å². The minimum Gasteiger partial charge on any atom is -0.506 e. The van der Waals surface area contributed by atoms with E-state index in [-0.39, 0.29) is 6.03 Å². The molecular formula is C18H28N4O3. The summed E-state index contributed by atoms with van der Waals surface area (Å²) in [4.78, 5) is 18.6. The molecule has 2 aliphatic rings. The van der Waals surface area contributed by atoms with E-state index in [9.17, 15) is 9.90 Å². The molecule has 138 valence electrons. The number of anilines is 1. The standard InChI is InChI=1S/C18H28N4O3/c23-17-5-2-1-4-16(17)21-8-10-22(11-9-21)18(24)19-6-3-7-20-12-14-25-15-13-20/h1-2,4-5,23H,3,6-15H2,(H,19,24). The zero-order valence-electron chi connectivity index (χ0n) is 14.7. The van der Waals surface area contributed by atoms with Crippen LogP contribution in [0.5, 0.6) is 5.75 Å². The Kier molecular flexibility index (Phi) is 6.36. The lowest BCUT2D eigenvalue weighted by Crippen LogP contribution is -2.52. The SMILES string of the molecule is O=C(NCCCN1CCOCC1)N1CCN(c2ccccc2O)CC1. The number of hydrogen-bond donors (Lipinski definition) is 2. The van der Waals surface area contributed by atoms with Crippen molar-refractivity contribution in [3.8, 4) is 5.75 Å². The maximum absolute atomic E-state index is 12.3. The number of phenols is 1. The van der Waals surface area contributed by atoms with Crippen LogP contribution < -0.4 is 10.2 Å². The molecule has 1 aromatic carbocycles. The maximum atomic E-state index is 12.3. The molecule has 0 atom stereocenters. The van der Waals surface area contributed by atoms with Gasteiger partial charge in [0.05, 0.1) is 18.9 Å². The summed E-state index contributed by atoms with van der Waals surface area (Å²) in [6, 6.07) is 7.36. The molecule has 0 spiro atoms. The van der Waals surface area contributed by atoms with Crippen LogP contribution in [0, 0.1) is 0 Å². The lowest BCUT2D eigenvalue weighted by atomic mass is 10.2. The van der Waals surface area contributed by atoms with E-state index in [0.717, 1.165) is 58.0 Å². The number of hydrogen-bond acceptors (Lipinski definition) is 5. The Morgan fingerprint density at radius 3 is 2.52 bits per heavy atom. The van der Waals surface area contributed by atoms with E-state index in [1.54, 1.807) is 6.07 Å². The molecule has 25 heavy (non-hydrogen) atoms. The van der Waals surface area contributed by atoms with Gasteiger partial charge in [0.25, 0.3) is 0 Å². The third-order valence-electron chi connectivity index (χ3n) is 4.82. The van der Waals surface area contributed by atoms with E-state index in [1.807, 2.05) is 23.1 Å². The summed E-state index contributed by atoms with van der Waals surface area (Å²) in [6.45, 7) is 8.12. The Labute approximate surface area is 149 Å². The normalized spacial score (nSPS) is 19.0. The van der Waals surface area contributed by atoms with Gasteiger partial charge >= 0.3 is 6.03 Å². The summed E-state index contributed by atoms with van der Waals surface area (Å²) in [5.74, 6) is 0.295. The van der Waals surface area contributed by atoms with E-state index in [1.165, 1.54) is 0 Å². The monoisotopic (exact) mass is 348 g/mol. The zero-order chi connectivity index (χ0) is 17.5. The van der Waals surface area contributed by atoms with Crippen molar-refractivity contribution in [1.82, 2.24) is 15.1 Å². The zero-order valence-corrected chi connectivity index (χ0v) is 14.7. The first-order valence-electron chi connectivity index (χ1n) is 9.10. The van der Waals surface area contributed by atoms with Crippen molar-refractivity contribution in [3.05, 3.63) is 24.3 Å². The third-order valence-corrected chi connectivity index (χ3v) is 4.82. The van der Waals surface area contributed by atoms with E-state index < -0.39 is 0 Å². The van der Waals surface area contributed by atoms with Crippen molar-refractivity contribution in [2.24, 2.45) is 0 Å². The first-order valence-corrected chi connectivity index (χ1v) is 9.10. The van der Waals surface area contributed by atoms with Gasteiger partial charge in [0.15, 0.2) is 0 Å². The average Bonchev–Trinajstić information content (AvgIpc) is 2.66. The summed E-state index contributed by atoms with van der Waals surface area (Å²) in [5, 5.41) is 13.0. The molecule has 2 N–H and O–H groups in total. The number of morpholine rings is 1. The molecule has 3 rings (SSSR count). The molecule has 0 saturated carbocycles. The number of nitrogens with one attached hydrogen (secondary N) is 1. The van der Waals surface area contributed by atoms with Gasteiger partial charge in [0, 0.05) is 45.8 Å². The van der Waals surface area contributed by atoms with Crippen molar-refractivity contribution in [2.75, 3.05) is 70.5 Å². The molecule has 0 aliphatic carbocycles. The number of rotatable bonds is 5. The number of amides is 2. The topological polar surface area (TPSA) is 68.3 Å². The van der Waals surface area contributed by atoms with Crippen LogP contribution in [0.25, 0.3) is 0 Å². The number of urea groups is 1. The molecule has 7 heteroatoms. The van der Waals surface area contributed by atoms with Gasteiger partial charge in [-0.15, -0.1) is 0 Å². The minimum atomic E-state index is 0.0129. The molecule has 2 heterocycles. The van der Waals surface area contributed by atoms with Crippen LogP contribution in [0.3, 0.4) is 0 Å². The van der Waals surface area contributed by atoms with E-state index >= 15 is 0 Å². The number of phenolic OH excluding ortho intramolecular Hbond substituents is 1. The molecular weight excluding hydrogens is 320 g/mol. The van der Waals surface area contributed by atoms with E-state index in [2.05, 4.69) is 15.1 Å². The molecule has 2 fully saturated rings. The summed E-state index contributed by atoms with van der Waals surface area (Å²) >= 11 is 0. The van der Waals surface area contributed by atoms with Crippen LogP contribution in [0.4, 0.5) is 10.5 Å². The van der Waals surface area contributed by atoms with Crippen LogP contribution in [0.1, 0.15) is 6.42 Å². The van der Waals surface area contributed by atoms with Crippen LogP contribution in [0.15, 0.2) is 24.3 Å². The van der Waals surface area contributed by atoms with Crippen molar-refractivity contribution in [1.29, 1.82) is 0 Å². The third kappa shape index (κ3) is 4.99. The van der Waals surface area contributed by atoms with Gasteiger partial charge in [-0.1, -0.05) is 12.1 Å². The van der Waals surface area contributed by atoms with Crippen molar-refractivity contribution in [2.45, 2.75) is 6.42 Å². The summed E-state index contributed by atoms with van der Waals surface area (Å²) in [6.07, 6.45) is 0.962. The van der Waals surface area contributed by atoms with Gasteiger partial charge < -0.3 is 25.0 Å². The van der Waals surface area contributed by atoms with Crippen LogP contribution >= 0.6 is 0 Å². The van der Waals surface area contributed by atoms with Gasteiger partial charge in [-0.2, -0.15) is 0 Å². The number of nitrogens with zero attached hydrogens (tertiary/aromatic N) is 3. The highest BCUT2D eigenvalue weighted by atomic mass is 16.5. The summed E-state index contributed by atoms with van der Waals surface area (Å²) < 4.78 is 5.33. The quantitative estimate of drug-likeness (QED) is 0.776. The summed E-state index contributed by atoms with van der Waals surface area (Å²) in [7, 11) is 0. The molecule has 0 unspecified atom stereocenters. The fourth-order valence-corrected chi connectivity index (χ4v) is 3.32. The highest BCUT2D eigenvalue weighted by molar-refractivity contribution is 5.74. The highest BCUT2D eigenvalue weighted by Gasteiger charge is 2.22. The van der Waals surface area contributed by atoms with Gasteiger partial charge in [-0.3, -0.25) is 4.90 Å². The first kappa shape index (κ1) is 17.8. The summed E-state index contributed by atoms with van der Waals surface area (Å²) in [5.41, 5.74) is 0.841. The molecule has 7 nitrogen and oxygen atoms in total. The van der Waals surface area contributed by atoms with Crippen molar-refractivity contribution >= 4 is 11.7 Å². The first-order chi connectivity index (χ1) is 12.2. The number of carbonyl (C=O) groups is 1. The molecule has 2 amide bonds. The largest absolute Gasteiger partial charge is 0.506 e. The molecule has 2 saturated heterocycles. The highest BCUT2D eigenvalue weighted by Crippen LogP contribution is 2.27.